The van der Waals surface area contributed by atoms with Gasteiger partial charge in [-0.3, -0.25) is 4.79 Å². The maximum absolute atomic E-state index is 12.9. The van der Waals surface area contributed by atoms with Crippen LogP contribution in [0, 0.1) is 12.8 Å². The maximum atomic E-state index is 12.9. The number of furan rings is 1. The number of amides is 3. The van der Waals surface area contributed by atoms with E-state index in [4.69, 9.17) is 4.42 Å². The second-order valence-electron chi connectivity index (χ2n) is 7.85. The lowest BCUT2D eigenvalue weighted by atomic mass is 10.0. The van der Waals surface area contributed by atoms with Crippen molar-refractivity contribution >= 4 is 22.9 Å². The van der Waals surface area contributed by atoms with Crippen LogP contribution in [-0.4, -0.2) is 18.0 Å². The van der Waals surface area contributed by atoms with E-state index in [0.717, 1.165) is 27.9 Å². The summed E-state index contributed by atoms with van der Waals surface area (Å²) in [6.45, 7) is 8.07. The minimum atomic E-state index is -0.659. The predicted octanol–water partition coefficient (Wildman–Crippen LogP) is 4.44. The van der Waals surface area contributed by atoms with Gasteiger partial charge in [-0.2, -0.15) is 0 Å². The highest BCUT2D eigenvalue weighted by Gasteiger charge is 2.27. The molecule has 3 aromatic rings. The number of rotatable bonds is 7. The molecule has 0 aliphatic heterocycles. The van der Waals surface area contributed by atoms with Crippen LogP contribution in [0.25, 0.3) is 11.0 Å². The van der Waals surface area contributed by atoms with Gasteiger partial charge in [0.2, 0.25) is 5.91 Å². The Morgan fingerprint density at radius 2 is 1.60 bits per heavy atom. The molecule has 3 rings (SSSR count). The Balaban J connectivity index is 1.63. The van der Waals surface area contributed by atoms with Crippen molar-refractivity contribution in [2.75, 3.05) is 0 Å². The molecule has 0 saturated heterocycles. The molecule has 3 amide bonds. The molecule has 0 spiro atoms. The molecular weight excluding hydrogens is 378 g/mol. The van der Waals surface area contributed by atoms with Crippen molar-refractivity contribution in [1.82, 2.24) is 16.0 Å². The van der Waals surface area contributed by atoms with Gasteiger partial charge in [0.05, 0.1) is 6.04 Å². The van der Waals surface area contributed by atoms with Gasteiger partial charge in [0.1, 0.15) is 17.4 Å². The summed E-state index contributed by atoms with van der Waals surface area (Å²) in [5.74, 6) is 0.407. The number of para-hydroxylation sites is 1. The quantitative estimate of drug-likeness (QED) is 0.541. The molecule has 30 heavy (non-hydrogen) atoms. The van der Waals surface area contributed by atoms with E-state index in [1.807, 2.05) is 82.3 Å². The summed E-state index contributed by atoms with van der Waals surface area (Å²) in [6, 6.07) is 16.1. The number of carbonyl (C=O) groups excluding carboxylic acids is 2. The maximum Gasteiger partial charge on any atom is 0.315 e. The highest BCUT2D eigenvalue weighted by atomic mass is 16.3. The van der Waals surface area contributed by atoms with E-state index in [-0.39, 0.29) is 23.9 Å². The smallest absolute Gasteiger partial charge is 0.315 e. The van der Waals surface area contributed by atoms with Crippen LogP contribution < -0.4 is 16.0 Å². The Bertz CT molecular complexity index is 1010. The summed E-state index contributed by atoms with van der Waals surface area (Å²) >= 11 is 0. The van der Waals surface area contributed by atoms with Crippen LogP contribution >= 0.6 is 0 Å². The Morgan fingerprint density at radius 1 is 0.933 bits per heavy atom. The van der Waals surface area contributed by atoms with E-state index >= 15 is 0 Å². The van der Waals surface area contributed by atoms with Crippen molar-refractivity contribution in [3.63, 3.8) is 0 Å². The summed E-state index contributed by atoms with van der Waals surface area (Å²) < 4.78 is 5.96. The normalized spacial score (nSPS) is 13.1. The number of carbonyl (C=O) groups is 2. The fourth-order valence-corrected chi connectivity index (χ4v) is 3.48. The first kappa shape index (κ1) is 21.4. The lowest BCUT2D eigenvalue weighted by molar-refractivity contribution is -0.124. The first-order chi connectivity index (χ1) is 14.4. The van der Waals surface area contributed by atoms with Gasteiger partial charge >= 0.3 is 6.03 Å². The predicted molar refractivity (Wildman–Crippen MR) is 118 cm³/mol. The van der Waals surface area contributed by atoms with E-state index < -0.39 is 6.04 Å². The molecule has 1 aromatic heterocycles. The zero-order valence-corrected chi connectivity index (χ0v) is 17.9. The van der Waals surface area contributed by atoms with Gasteiger partial charge < -0.3 is 20.4 Å². The second kappa shape index (κ2) is 9.48. The van der Waals surface area contributed by atoms with Crippen molar-refractivity contribution in [3.8, 4) is 0 Å². The molecule has 158 valence electrons. The highest BCUT2D eigenvalue weighted by molar-refractivity contribution is 5.88. The number of hydrogen-bond acceptors (Lipinski definition) is 3. The van der Waals surface area contributed by atoms with Gasteiger partial charge in [-0.05, 0) is 31.4 Å². The lowest BCUT2D eigenvalue weighted by Crippen LogP contribution is -2.52. The molecule has 0 radical (unpaired) electrons. The Morgan fingerprint density at radius 3 is 2.27 bits per heavy atom. The van der Waals surface area contributed by atoms with Gasteiger partial charge in [-0.25, -0.2) is 4.79 Å². The molecular formula is C24H29N3O3. The standard InChI is InChI=1S/C24H29N3O3/c1-15(2)21(27-24(29)25-14-18-10-6-5-7-11-18)23(28)26-17(4)22-16(3)19-12-8-9-13-20(19)30-22/h5-13,15,17,21H,14H2,1-4H3,(H,26,28)(H2,25,27,29). The molecule has 2 aromatic carbocycles. The fraction of sp³-hybridized carbons (Fsp3) is 0.333. The van der Waals surface area contributed by atoms with Crippen molar-refractivity contribution < 1.29 is 14.0 Å². The van der Waals surface area contributed by atoms with E-state index in [2.05, 4.69) is 16.0 Å². The molecule has 0 saturated carbocycles. The molecule has 3 N–H and O–H groups in total. The number of nitrogens with one attached hydrogen (secondary N) is 3. The second-order valence-corrected chi connectivity index (χ2v) is 7.85. The average Bonchev–Trinajstić information content (AvgIpc) is 3.08. The molecule has 0 aliphatic carbocycles. The largest absolute Gasteiger partial charge is 0.459 e. The van der Waals surface area contributed by atoms with Gasteiger partial charge in [-0.15, -0.1) is 0 Å². The monoisotopic (exact) mass is 407 g/mol. The first-order valence-corrected chi connectivity index (χ1v) is 10.2. The lowest BCUT2D eigenvalue weighted by Gasteiger charge is -2.24. The van der Waals surface area contributed by atoms with E-state index in [1.165, 1.54) is 0 Å². The highest BCUT2D eigenvalue weighted by Crippen LogP contribution is 2.29. The topological polar surface area (TPSA) is 83.4 Å². The number of urea groups is 1. The third-order valence-electron chi connectivity index (χ3n) is 5.16. The van der Waals surface area contributed by atoms with Crippen LogP contribution in [0.5, 0.6) is 0 Å². The van der Waals surface area contributed by atoms with Crippen LogP contribution in [0.3, 0.4) is 0 Å². The summed E-state index contributed by atoms with van der Waals surface area (Å²) in [4.78, 5) is 25.3. The van der Waals surface area contributed by atoms with Gasteiger partial charge in [0.25, 0.3) is 0 Å². The van der Waals surface area contributed by atoms with Gasteiger partial charge in [-0.1, -0.05) is 62.4 Å². The van der Waals surface area contributed by atoms with Crippen LogP contribution in [-0.2, 0) is 11.3 Å². The van der Waals surface area contributed by atoms with Crippen LogP contribution in [0.4, 0.5) is 4.79 Å². The first-order valence-electron chi connectivity index (χ1n) is 10.2. The third-order valence-corrected chi connectivity index (χ3v) is 5.16. The van der Waals surface area contributed by atoms with Crippen molar-refractivity contribution in [2.45, 2.75) is 46.3 Å². The number of fused-ring (bicyclic) bond motifs is 1. The molecule has 0 bridgehead atoms. The number of benzene rings is 2. The SMILES string of the molecule is Cc1c(C(C)NC(=O)C(NC(=O)NCc2ccccc2)C(C)C)oc2ccccc12. The molecule has 0 fully saturated rings. The molecule has 2 unspecified atom stereocenters. The zero-order chi connectivity index (χ0) is 21.7. The van der Waals surface area contributed by atoms with E-state index in [1.54, 1.807) is 0 Å². The number of hydrogen-bond donors (Lipinski definition) is 3. The van der Waals surface area contributed by atoms with Crippen LogP contribution in [0.2, 0.25) is 0 Å². The summed E-state index contributed by atoms with van der Waals surface area (Å²) in [6.07, 6.45) is 0. The molecule has 1 heterocycles. The minimum Gasteiger partial charge on any atom is -0.459 e. The summed E-state index contributed by atoms with van der Waals surface area (Å²) in [5, 5.41) is 9.61. The molecule has 6 nitrogen and oxygen atoms in total. The van der Waals surface area contributed by atoms with Crippen molar-refractivity contribution in [2.24, 2.45) is 5.92 Å². The van der Waals surface area contributed by atoms with Crippen LogP contribution in [0.1, 0.15) is 43.7 Å². The van der Waals surface area contributed by atoms with E-state index in [9.17, 15) is 9.59 Å². The molecule has 6 heteroatoms. The third kappa shape index (κ3) is 5.00. The summed E-state index contributed by atoms with van der Waals surface area (Å²) in [7, 11) is 0. The van der Waals surface area contributed by atoms with Gasteiger partial charge in [0, 0.05) is 17.5 Å². The molecule has 0 aliphatic rings. The Labute approximate surface area is 177 Å². The molecule has 2 atom stereocenters. The van der Waals surface area contributed by atoms with Crippen LogP contribution in [0.15, 0.2) is 59.0 Å². The fourth-order valence-electron chi connectivity index (χ4n) is 3.48. The van der Waals surface area contributed by atoms with Crippen molar-refractivity contribution in [1.29, 1.82) is 0 Å². The van der Waals surface area contributed by atoms with Crippen molar-refractivity contribution in [3.05, 3.63) is 71.5 Å². The zero-order valence-electron chi connectivity index (χ0n) is 17.9. The summed E-state index contributed by atoms with van der Waals surface area (Å²) in [5.41, 5.74) is 2.80. The number of aryl methyl sites for hydroxylation is 1. The van der Waals surface area contributed by atoms with E-state index in [0.29, 0.717) is 6.54 Å². The Kier molecular flexibility index (Phi) is 6.77. The Hall–Kier alpha value is -3.28. The van der Waals surface area contributed by atoms with Gasteiger partial charge in [0.15, 0.2) is 0 Å². The average molecular weight is 408 g/mol. The minimum absolute atomic E-state index is 0.0727.